The van der Waals surface area contributed by atoms with Crippen molar-refractivity contribution in [1.29, 1.82) is 0 Å². The van der Waals surface area contributed by atoms with Gasteiger partial charge in [0.15, 0.2) is 11.5 Å². The first-order valence-electron chi connectivity index (χ1n) is 9.20. The second-order valence-corrected chi connectivity index (χ2v) is 7.39. The fourth-order valence-corrected chi connectivity index (χ4v) is 3.29. The van der Waals surface area contributed by atoms with Crippen molar-refractivity contribution in [3.63, 3.8) is 0 Å². The number of hydrogen-bond acceptors (Lipinski definition) is 4. The highest BCUT2D eigenvalue weighted by atomic mass is 16.5. The molecule has 0 heterocycles. The molecule has 0 aliphatic heterocycles. The number of rotatable bonds is 8. The molecule has 1 aromatic rings. The van der Waals surface area contributed by atoms with Crippen LogP contribution in [0.3, 0.4) is 0 Å². The Bertz CT molecular complexity index is 565. The van der Waals surface area contributed by atoms with Gasteiger partial charge in [-0.2, -0.15) is 0 Å². The lowest BCUT2D eigenvalue weighted by atomic mass is 9.85. The van der Waals surface area contributed by atoms with E-state index in [1.807, 2.05) is 12.1 Å². The molecule has 0 radical (unpaired) electrons. The zero-order valence-corrected chi connectivity index (χ0v) is 15.7. The van der Waals surface area contributed by atoms with Crippen LogP contribution < -0.4 is 14.8 Å². The molecule has 1 aromatic carbocycles. The molecule has 0 saturated heterocycles. The summed E-state index contributed by atoms with van der Waals surface area (Å²) in [5.74, 6) is 1.15. The van der Waals surface area contributed by atoms with Crippen molar-refractivity contribution in [3.05, 3.63) is 23.8 Å². The number of nitrogens with one attached hydrogen (secondary N) is 1. The van der Waals surface area contributed by atoms with Crippen LogP contribution in [0.2, 0.25) is 0 Å². The van der Waals surface area contributed by atoms with Gasteiger partial charge in [-0.25, -0.2) is 0 Å². The van der Waals surface area contributed by atoms with E-state index in [1.54, 1.807) is 7.11 Å². The number of carboxylic acid groups (broad SMARTS) is 1. The zero-order valence-electron chi connectivity index (χ0n) is 15.7. The van der Waals surface area contributed by atoms with Crippen LogP contribution >= 0.6 is 0 Å². The van der Waals surface area contributed by atoms with E-state index >= 15 is 0 Å². The first-order valence-corrected chi connectivity index (χ1v) is 9.20. The lowest BCUT2D eigenvalue weighted by Crippen LogP contribution is -2.36. The van der Waals surface area contributed by atoms with Crippen LogP contribution in [0.25, 0.3) is 0 Å². The molecule has 1 saturated carbocycles. The number of aliphatic carboxylic acids is 1. The molecule has 2 N–H and O–H groups in total. The van der Waals surface area contributed by atoms with E-state index in [2.05, 4.69) is 32.2 Å². The van der Waals surface area contributed by atoms with Crippen molar-refractivity contribution in [1.82, 2.24) is 5.32 Å². The lowest BCUT2D eigenvalue weighted by Gasteiger charge is -2.30. The SMILES string of the molecule is COc1cc(C(C)NC2CCC(C(=O)O)CC2)ccc1OCC(C)C. The van der Waals surface area contributed by atoms with Crippen LogP contribution in [-0.2, 0) is 4.79 Å². The van der Waals surface area contributed by atoms with Gasteiger partial charge in [0.2, 0.25) is 0 Å². The van der Waals surface area contributed by atoms with Crippen LogP contribution in [0.5, 0.6) is 11.5 Å². The summed E-state index contributed by atoms with van der Waals surface area (Å²) in [4.78, 5) is 11.1. The van der Waals surface area contributed by atoms with Gasteiger partial charge < -0.3 is 19.9 Å². The van der Waals surface area contributed by atoms with E-state index in [9.17, 15) is 4.79 Å². The first-order chi connectivity index (χ1) is 11.9. The molecule has 1 atom stereocenters. The third-order valence-electron chi connectivity index (χ3n) is 4.82. The minimum absolute atomic E-state index is 0.175. The highest BCUT2D eigenvalue weighted by Crippen LogP contribution is 2.32. The molecule has 1 fully saturated rings. The molecular weight excluding hydrogens is 318 g/mol. The smallest absolute Gasteiger partial charge is 0.306 e. The fourth-order valence-electron chi connectivity index (χ4n) is 3.29. The average Bonchev–Trinajstić information content (AvgIpc) is 2.60. The normalized spacial score (nSPS) is 21.8. The number of carboxylic acids is 1. The summed E-state index contributed by atoms with van der Waals surface area (Å²) in [6, 6.07) is 6.61. The monoisotopic (exact) mass is 349 g/mol. The highest BCUT2D eigenvalue weighted by Gasteiger charge is 2.26. The van der Waals surface area contributed by atoms with Gasteiger partial charge in [-0.05, 0) is 56.2 Å². The predicted octanol–water partition coefficient (Wildman–Crippen LogP) is 4.02. The third-order valence-corrected chi connectivity index (χ3v) is 4.82. The zero-order chi connectivity index (χ0) is 18.4. The van der Waals surface area contributed by atoms with Gasteiger partial charge in [-0.1, -0.05) is 19.9 Å². The molecule has 0 aromatic heterocycles. The number of benzene rings is 1. The van der Waals surface area contributed by atoms with Crippen molar-refractivity contribution in [3.8, 4) is 11.5 Å². The van der Waals surface area contributed by atoms with E-state index in [-0.39, 0.29) is 12.0 Å². The van der Waals surface area contributed by atoms with Crippen molar-refractivity contribution in [2.24, 2.45) is 11.8 Å². The van der Waals surface area contributed by atoms with Crippen molar-refractivity contribution < 1.29 is 19.4 Å². The van der Waals surface area contributed by atoms with Gasteiger partial charge in [0.25, 0.3) is 0 Å². The molecule has 1 aliphatic carbocycles. The van der Waals surface area contributed by atoms with Crippen LogP contribution in [-0.4, -0.2) is 30.8 Å². The van der Waals surface area contributed by atoms with E-state index in [0.29, 0.717) is 18.6 Å². The molecule has 0 bridgehead atoms. The van der Waals surface area contributed by atoms with Gasteiger partial charge in [-0.15, -0.1) is 0 Å². The minimum atomic E-state index is -0.659. The predicted molar refractivity (Wildman–Crippen MR) is 98.3 cm³/mol. The Morgan fingerprint density at radius 1 is 1.20 bits per heavy atom. The maximum absolute atomic E-state index is 11.1. The fraction of sp³-hybridized carbons (Fsp3) is 0.650. The largest absolute Gasteiger partial charge is 0.493 e. The third kappa shape index (κ3) is 5.63. The maximum Gasteiger partial charge on any atom is 0.306 e. The molecule has 0 amide bonds. The van der Waals surface area contributed by atoms with Crippen LogP contribution in [0, 0.1) is 11.8 Å². The molecule has 5 heteroatoms. The number of methoxy groups -OCH3 is 1. The summed E-state index contributed by atoms with van der Waals surface area (Å²) in [7, 11) is 1.66. The Morgan fingerprint density at radius 2 is 1.88 bits per heavy atom. The van der Waals surface area contributed by atoms with Gasteiger partial charge in [0.05, 0.1) is 19.6 Å². The maximum atomic E-state index is 11.1. The van der Waals surface area contributed by atoms with Gasteiger partial charge in [-0.3, -0.25) is 4.79 Å². The summed E-state index contributed by atoms with van der Waals surface area (Å²) in [6.07, 6.45) is 3.33. The van der Waals surface area contributed by atoms with Crippen LogP contribution in [0.1, 0.15) is 58.1 Å². The molecule has 1 aliphatic rings. The summed E-state index contributed by atoms with van der Waals surface area (Å²) in [6.45, 7) is 7.03. The Kier molecular flexibility index (Phi) is 7.12. The van der Waals surface area contributed by atoms with Crippen LogP contribution in [0.4, 0.5) is 0 Å². The van der Waals surface area contributed by atoms with Crippen molar-refractivity contribution in [2.45, 2.75) is 58.5 Å². The first kappa shape index (κ1) is 19.6. The highest BCUT2D eigenvalue weighted by molar-refractivity contribution is 5.70. The van der Waals surface area contributed by atoms with Gasteiger partial charge in [0.1, 0.15) is 0 Å². The lowest BCUT2D eigenvalue weighted by molar-refractivity contribution is -0.142. The molecule has 140 valence electrons. The van der Waals surface area contributed by atoms with Gasteiger partial charge in [0, 0.05) is 12.1 Å². The molecule has 2 rings (SSSR count). The Balaban J connectivity index is 1.95. The molecule has 5 nitrogen and oxygen atoms in total. The molecule has 25 heavy (non-hydrogen) atoms. The van der Waals surface area contributed by atoms with Gasteiger partial charge >= 0.3 is 5.97 Å². The molecule has 1 unspecified atom stereocenters. The Hall–Kier alpha value is -1.75. The second kappa shape index (κ2) is 9.09. The summed E-state index contributed by atoms with van der Waals surface area (Å²) >= 11 is 0. The Labute approximate surface area is 150 Å². The summed E-state index contributed by atoms with van der Waals surface area (Å²) < 4.78 is 11.3. The van der Waals surface area contributed by atoms with Crippen LogP contribution in [0.15, 0.2) is 18.2 Å². The summed E-state index contributed by atoms with van der Waals surface area (Å²) in [5.41, 5.74) is 1.15. The minimum Gasteiger partial charge on any atom is -0.493 e. The van der Waals surface area contributed by atoms with E-state index in [1.165, 1.54) is 0 Å². The van der Waals surface area contributed by atoms with E-state index in [0.717, 1.165) is 42.7 Å². The topological polar surface area (TPSA) is 67.8 Å². The van der Waals surface area contributed by atoms with Crippen molar-refractivity contribution >= 4 is 5.97 Å². The number of carbonyl (C=O) groups is 1. The molecular formula is C20H31NO4. The number of hydrogen-bond donors (Lipinski definition) is 2. The van der Waals surface area contributed by atoms with E-state index < -0.39 is 5.97 Å². The number of ether oxygens (including phenoxy) is 2. The molecule has 0 spiro atoms. The standard InChI is InChI=1S/C20H31NO4/c1-13(2)12-25-18-10-7-16(11-19(18)24-4)14(3)21-17-8-5-15(6-9-17)20(22)23/h7,10-11,13-15,17,21H,5-6,8-9,12H2,1-4H3,(H,22,23). The summed E-state index contributed by atoms with van der Waals surface area (Å²) in [5, 5.41) is 12.7. The quantitative estimate of drug-likeness (QED) is 0.742. The average molecular weight is 349 g/mol. The van der Waals surface area contributed by atoms with E-state index in [4.69, 9.17) is 14.6 Å². The Morgan fingerprint density at radius 3 is 2.44 bits per heavy atom. The second-order valence-electron chi connectivity index (χ2n) is 7.39. The van der Waals surface area contributed by atoms with Crippen molar-refractivity contribution in [2.75, 3.05) is 13.7 Å².